The molecule has 0 aromatic carbocycles. The third-order valence-corrected chi connectivity index (χ3v) is 1.94. The highest BCUT2D eigenvalue weighted by Crippen LogP contribution is 1.93. The molecule has 0 fully saturated rings. The molecule has 6 heteroatoms. The van der Waals surface area contributed by atoms with Crippen LogP contribution in [0.5, 0.6) is 0 Å². The molecular formula is C8H13N5O. The van der Waals surface area contributed by atoms with E-state index in [1.54, 1.807) is 0 Å². The molecule has 6 nitrogen and oxygen atoms in total. The van der Waals surface area contributed by atoms with Crippen LogP contribution in [0.4, 0.5) is 0 Å². The van der Waals surface area contributed by atoms with Crippen LogP contribution in [0.1, 0.15) is 12.8 Å². The van der Waals surface area contributed by atoms with Crippen molar-refractivity contribution in [3.8, 4) is 0 Å². The summed E-state index contributed by atoms with van der Waals surface area (Å²) in [5, 5.41) is 9.89. The van der Waals surface area contributed by atoms with Crippen molar-refractivity contribution in [2.45, 2.75) is 19.4 Å². The first-order valence-electron chi connectivity index (χ1n) is 4.65. The predicted molar refractivity (Wildman–Crippen MR) is 50.9 cm³/mol. The summed E-state index contributed by atoms with van der Waals surface area (Å²) in [6, 6.07) is 0.431. The predicted octanol–water partition coefficient (Wildman–Crippen LogP) is -0.451. The standard InChI is InChI=1S/C8H13N5O/c1-6-4-10-8(13-6)9-3-2-7-11-5-12-14-7/h5-6H,2-4H2,1H3,(H2,9,10,13). The van der Waals surface area contributed by atoms with Crippen LogP contribution >= 0.6 is 0 Å². The topological polar surface area (TPSA) is 75.3 Å². The lowest BCUT2D eigenvalue weighted by atomic mass is 10.4. The van der Waals surface area contributed by atoms with Crippen LogP contribution in [0, 0.1) is 0 Å². The van der Waals surface area contributed by atoms with E-state index in [1.807, 2.05) is 0 Å². The molecule has 1 aromatic rings. The van der Waals surface area contributed by atoms with Crippen molar-refractivity contribution >= 4 is 5.96 Å². The quantitative estimate of drug-likeness (QED) is 0.683. The lowest BCUT2D eigenvalue weighted by Gasteiger charge is -2.06. The number of hydrogen-bond acceptors (Lipinski definition) is 6. The maximum Gasteiger partial charge on any atom is 0.228 e. The third-order valence-electron chi connectivity index (χ3n) is 1.94. The summed E-state index contributed by atoms with van der Waals surface area (Å²) in [7, 11) is 0. The minimum Gasteiger partial charge on any atom is -0.356 e. The van der Waals surface area contributed by atoms with Crippen molar-refractivity contribution in [3.05, 3.63) is 12.2 Å². The fraction of sp³-hybridized carbons (Fsp3) is 0.625. The van der Waals surface area contributed by atoms with E-state index >= 15 is 0 Å². The molecule has 0 bridgehead atoms. The number of aliphatic imine (C=N–C) groups is 1. The van der Waals surface area contributed by atoms with Gasteiger partial charge in [0, 0.05) is 19.0 Å². The summed E-state index contributed by atoms with van der Waals surface area (Å²) in [6.45, 7) is 3.68. The Labute approximate surface area is 81.8 Å². The van der Waals surface area contributed by atoms with Crippen LogP contribution in [0.3, 0.4) is 0 Å². The molecule has 2 N–H and O–H groups in total. The number of nitrogens with one attached hydrogen (secondary N) is 2. The third kappa shape index (κ3) is 2.21. The van der Waals surface area contributed by atoms with E-state index in [1.165, 1.54) is 6.33 Å². The largest absolute Gasteiger partial charge is 0.356 e. The van der Waals surface area contributed by atoms with E-state index in [2.05, 4.69) is 32.7 Å². The van der Waals surface area contributed by atoms with Crippen molar-refractivity contribution < 1.29 is 4.52 Å². The molecule has 0 radical (unpaired) electrons. The summed E-state index contributed by atoms with van der Waals surface area (Å²) in [6.07, 6.45) is 2.12. The van der Waals surface area contributed by atoms with Crippen molar-refractivity contribution in [2.75, 3.05) is 13.1 Å². The first-order valence-corrected chi connectivity index (χ1v) is 4.65. The van der Waals surface area contributed by atoms with Crippen LogP contribution in [0.2, 0.25) is 0 Å². The SMILES string of the molecule is CC1CN=C(NCCc2ncno2)N1. The molecule has 1 atom stereocenters. The van der Waals surface area contributed by atoms with Gasteiger partial charge in [0.1, 0.15) is 0 Å². The van der Waals surface area contributed by atoms with Gasteiger partial charge in [-0.3, -0.25) is 4.99 Å². The Kier molecular flexibility index (Phi) is 2.62. The van der Waals surface area contributed by atoms with Gasteiger partial charge in [-0.1, -0.05) is 5.16 Å². The zero-order chi connectivity index (χ0) is 9.80. The van der Waals surface area contributed by atoms with Gasteiger partial charge in [-0.2, -0.15) is 4.98 Å². The van der Waals surface area contributed by atoms with E-state index in [0.717, 1.165) is 25.5 Å². The first kappa shape index (κ1) is 8.98. The average Bonchev–Trinajstić information content (AvgIpc) is 2.77. The molecule has 0 amide bonds. The van der Waals surface area contributed by atoms with Crippen LogP contribution in [-0.2, 0) is 6.42 Å². The Balaban J connectivity index is 1.69. The van der Waals surface area contributed by atoms with Crippen LogP contribution in [-0.4, -0.2) is 35.2 Å². The zero-order valence-corrected chi connectivity index (χ0v) is 8.03. The molecule has 0 spiro atoms. The van der Waals surface area contributed by atoms with Gasteiger partial charge in [0.25, 0.3) is 0 Å². The van der Waals surface area contributed by atoms with Crippen molar-refractivity contribution in [1.29, 1.82) is 0 Å². The number of aromatic nitrogens is 2. The van der Waals surface area contributed by atoms with Gasteiger partial charge in [0.15, 0.2) is 12.3 Å². The highest BCUT2D eigenvalue weighted by Gasteiger charge is 2.11. The molecule has 1 aliphatic rings. The molecule has 1 aromatic heterocycles. The molecular weight excluding hydrogens is 182 g/mol. The van der Waals surface area contributed by atoms with Gasteiger partial charge in [0.2, 0.25) is 5.89 Å². The summed E-state index contributed by atoms with van der Waals surface area (Å²) >= 11 is 0. The molecule has 2 heterocycles. The molecule has 0 aliphatic carbocycles. The van der Waals surface area contributed by atoms with Gasteiger partial charge < -0.3 is 15.2 Å². The molecule has 0 saturated heterocycles. The van der Waals surface area contributed by atoms with E-state index in [-0.39, 0.29) is 0 Å². The Morgan fingerprint density at radius 1 is 1.71 bits per heavy atom. The highest BCUT2D eigenvalue weighted by atomic mass is 16.5. The molecule has 76 valence electrons. The van der Waals surface area contributed by atoms with E-state index in [9.17, 15) is 0 Å². The van der Waals surface area contributed by atoms with Crippen LogP contribution in [0.25, 0.3) is 0 Å². The molecule has 14 heavy (non-hydrogen) atoms. The second kappa shape index (κ2) is 4.08. The molecule has 1 aliphatic heterocycles. The second-order valence-corrected chi connectivity index (χ2v) is 3.25. The van der Waals surface area contributed by atoms with Gasteiger partial charge in [0.05, 0.1) is 6.54 Å². The van der Waals surface area contributed by atoms with Gasteiger partial charge in [-0.25, -0.2) is 0 Å². The minimum absolute atomic E-state index is 0.431. The lowest BCUT2D eigenvalue weighted by Crippen LogP contribution is -2.38. The van der Waals surface area contributed by atoms with Crippen molar-refractivity contribution in [2.24, 2.45) is 4.99 Å². The van der Waals surface area contributed by atoms with Gasteiger partial charge in [-0.15, -0.1) is 0 Å². The summed E-state index contributed by atoms with van der Waals surface area (Å²) in [5.74, 6) is 1.50. The van der Waals surface area contributed by atoms with Crippen LogP contribution < -0.4 is 10.6 Å². The molecule has 1 unspecified atom stereocenters. The summed E-state index contributed by atoms with van der Waals surface area (Å²) in [5.41, 5.74) is 0. The van der Waals surface area contributed by atoms with Crippen LogP contribution in [0.15, 0.2) is 15.8 Å². The Morgan fingerprint density at radius 2 is 2.64 bits per heavy atom. The van der Waals surface area contributed by atoms with Crippen molar-refractivity contribution in [1.82, 2.24) is 20.8 Å². The average molecular weight is 195 g/mol. The Bertz CT molecular complexity index is 308. The fourth-order valence-corrected chi connectivity index (χ4v) is 1.25. The van der Waals surface area contributed by atoms with E-state index < -0.39 is 0 Å². The Hall–Kier alpha value is -1.59. The fourth-order valence-electron chi connectivity index (χ4n) is 1.25. The van der Waals surface area contributed by atoms with E-state index in [4.69, 9.17) is 4.52 Å². The summed E-state index contributed by atoms with van der Waals surface area (Å²) in [4.78, 5) is 8.18. The maximum atomic E-state index is 4.86. The Morgan fingerprint density at radius 3 is 3.29 bits per heavy atom. The number of nitrogens with zero attached hydrogens (tertiary/aromatic N) is 3. The number of guanidine groups is 1. The highest BCUT2D eigenvalue weighted by molar-refractivity contribution is 5.81. The minimum atomic E-state index is 0.431. The summed E-state index contributed by atoms with van der Waals surface area (Å²) < 4.78 is 4.86. The molecule has 0 saturated carbocycles. The monoisotopic (exact) mass is 195 g/mol. The van der Waals surface area contributed by atoms with Gasteiger partial charge >= 0.3 is 0 Å². The zero-order valence-electron chi connectivity index (χ0n) is 8.03. The lowest BCUT2D eigenvalue weighted by molar-refractivity contribution is 0.377. The smallest absolute Gasteiger partial charge is 0.228 e. The number of hydrogen-bond donors (Lipinski definition) is 2. The number of rotatable bonds is 3. The van der Waals surface area contributed by atoms with Crippen molar-refractivity contribution in [3.63, 3.8) is 0 Å². The first-order chi connectivity index (χ1) is 6.84. The normalized spacial score (nSPS) is 20.4. The maximum absolute atomic E-state index is 4.86. The second-order valence-electron chi connectivity index (χ2n) is 3.25. The van der Waals surface area contributed by atoms with E-state index in [0.29, 0.717) is 11.9 Å². The molecule has 2 rings (SSSR count). The van der Waals surface area contributed by atoms with Gasteiger partial charge in [-0.05, 0) is 6.92 Å².